The number of urea groups is 1. The number of hydrogen-bond donors (Lipinski definition) is 2. The Bertz CT molecular complexity index is 1200. The van der Waals surface area contributed by atoms with Gasteiger partial charge in [0.1, 0.15) is 29.5 Å². The number of halogens is 1. The van der Waals surface area contributed by atoms with E-state index in [-0.39, 0.29) is 29.4 Å². The molecule has 3 aromatic rings. The van der Waals surface area contributed by atoms with Gasteiger partial charge in [0.05, 0.1) is 5.69 Å². The number of rotatable bonds is 5. The summed E-state index contributed by atoms with van der Waals surface area (Å²) in [6, 6.07) is 17.2. The topological polar surface area (TPSA) is 95.9 Å². The summed E-state index contributed by atoms with van der Waals surface area (Å²) >= 11 is 0. The number of imide groups is 2. The molecule has 3 aromatic carbocycles. The molecule has 0 spiro atoms. The number of benzene rings is 3. The molecule has 1 saturated heterocycles. The second-order valence-corrected chi connectivity index (χ2v) is 6.96. The molecule has 2 N–H and O–H groups in total. The minimum Gasteiger partial charge on any atom is -0.508 e. The van der Waals surface area contributed by atoms with Gasteiger partial charge in [0.15, 0.2) is 0 Å². The van der Waals surface area contributed by atoms with E-state index in [0.29, 0.717) is 11.3 Å². The number of barbiturate groups is 1. The largest absolute Gasteiger partial charge is 0.508 e. The second-order valence-electron chi connectivity index (χ2n) is 6.96. The third-order valence-corrected chi connectivity index (χ3v) is 4.72. The molecule has 0 unspecified atom stereocenters. The molecule has 160 valence electrons. The lowest BCUT2D eigenvalue weighted by atomic mass is 10.1. The van der Waals surface area contributed by atoms with E-state index in [1.54, 1.807) is 36.4 Å². The zero-order chi connectivity index (χ0) is 22.7. The number of nitrogens with zero attached hydrogens (tertiary/aromatic N) is 1. The van der Waals surface area contributed by atoms with Crippen LogP contribution in [0.5, 0.6) is 11.5 Å². The summed E-state index contributed by atoms with van der Waals surface area (Å²) in [5, 5.41) is 11.6. The van der Waals surface area contributed by atoms with Gasteiger partial charge in [0.2, 0.25) is 0 Å². The summed E-state index contributed by atoms with van der Waals surface area (Å²) < 4.78 is 18.6. The first-order chi connectivity index (χ1) is 15.4. The van der Waals surface area contributed by atoms with Crippen molar-refractivity contribution in [2.24, 2.45) is 0 Å². The molecule has 0 radical (unpaired) electrons. The average Bonchev–Trinajstić information content (AvgIpc) is 2.78. The van der Waals surface area contributed by atoms with Crippen LogP contribution in [0.4, 0.5) is 14.9 Å². The number of ether oxygens (including phenoxy) is 1. The fourth-order valence-corrected chi connectivity index (χ4v) is 3.07. The highest BCUT2D eigenvalue weighted by atomic mass is 19.1. The van der Waals surface area contributed by atoms with Crippen molar-refractivity contribution >= 4 is 29.6 Å². The van der Waals surface area contributed by atoms with Crippen LogP contribution in [0.3, 0.4) is 0 Å². The van der Waals surface area contributed by atoms with E-state index >= 15 is 0 Å². The van der Waals surface area contributed by atoms with Crippen molar-refractivity contribution in [3.05, 3.63) is 95.3 Å². The van der Waals surface area contributed by atoms with Crippen LogP contribution in [0.1, 0.15) is 11.1 Å². The van der Waals surface area contributed by atoms with Crippen LogP contribution in [0, 0.1) is 5.82 Å². The minimum atomic E-state index is -0.868. The molecule has 1 heterocycles. The molecule has 1 fully saturated rings. The van der Waals surface area contributed by atoms with E-state index < -0.39 is 17.8 Å². The van der Waals surface area contributed by atoms with Crippen LogP contribution >= 0.6 is 0 Å². The Kier molecular flexibility index (Phi) is 5.67. The average molecular weight is 432 g/mol. The summed E-state index contributed by atoms with van der Waals surface area (Å²) in [5.41, 5.74) is 1.37. The molecule has 0 atom stereocenters. The molecular weight excluding hydrogens is 415 g/mol. The first-order valence-electron chi connectivity index (χ1n) is 9.58. The van der Waals surface area contributed by atoms with E-state index in [0.717, 1.165) is 10.5 Å². The van der Waals surface area contributed by atoms with Crippen LogP contribution in [0.25, 0.3) is 6.08 Å². The van der Waals surface area contributed by atoms with Gasteiger partial charge >= 0.3 is 6.03 Å². The van der Waals surface area contributed by atoms with E-state index in [2.05, 4.69) is 5.32 Å². The Morgan fingerprint density at radius 1 is 0.906 bits per heavy atom. The van der Waals surface area contributed by atoms with E-state index in [1.165, 1.54) is 42.5 Å². The van der Waals surface area contributed by atoms with Gasteiger partial charge in [-0.1, -0.05) is 24.3 Å². The lowest BCUT2D eigenvalue weighted by Crippen LogP contribution is -2.54. The van der Waals surface area contributed by atoms with E-state index in [4.69, 9.17) is 4.74 Å². The second kappa shape index (κ2) is 8.73. The Morgan fingerprint density at radius 2 is 1.56 bits per heavy atom. The lowest BCUT2D eigenvalue weighted by Gasteiger charge is -2.26. The number of carbonyl (C=O) groups excluding carboxylic acids is 3. The summed E-state index contributed by atoms with van der Waals surface area (Å²) in [7, 11) is 0. The van der Waals surface area contributed by atoms with Crippen molar-refractivity contribution in [1.82, 2.24) is 5.32 Å². The number of carbonyl (C=O) groups is 3. The Morgan fingerprint density at radius 3 is 2.22 bits per heavy atom. The number of phenolic OH excluding ortho intramolecular Hbond substituents is 1. The third kappa shape index (κ3) is 4.49. The van der Waals surface area contributed by atoms with Crippen LogP contribution in [0.2, 0.25) is 0 Å². The number of aromatic hydroxyl groups is 1. The monoisotopic (exact) mass is 432 g/mol. The summed E-state index contributed by atoms with van der Waals surface area (Å²) in [5.74, 6) is -1.37. The standard InChI is InChI=1S/C24H17FN2O5/c25-17-5-1-16(2-6-17)14-32-20-11-3-15(4-12-20)13-21-22(29)26-24(31)27(23(21)30)18-7-9-19(28)10-8-18/h1-13,28H,14H2,(H,26,29,31)/b21-13+. The quantitative estimate of drug-likeness (QED) is 0.473. The number of hydrogen-bond acceptors (Lipinski definition) is 5. The Hall–Kier alpha value is -4.46. The summed E-state index contributed by atoms with van der Waals surface area (Å²) in [6.07, 6.45) is 1.38. The highest BCUT2D eigenvalue weighted by Gasteiger charge is 2.36. The fourth-order valence-electron chi connectivity index (χ4n) is 3.07. The molecule has 4 amide bonds. The van der Waals surface area contributed by atoms with Crippen LogP contribution in [-0.2, 0) is 16.2 Å². The number of anilines is 1. The van der Waals surface area contributed by atoms with Gasteiger partial charge in [-0.15, -0.1) is 0 Å². The predicted molar refractivity (Wildman–Crippen MR) is 114 cm³/mol. The molecule has 7 nitrogen and oxygen atoms in total. The maximum absolute atomic E-state index is 13.0. The van der Waals surface area contributed by atoms with Gasteiger partial charge in [-0.25, -0.2) is 14.1 Å². The summed E-state index contributed by atoms with van der Waals surface area (Å²) in [6.45, 7) is 0.255. The van der Waals surface area contributed by atoms with Crippen molar-refractivity contribution in [1.29, 1.82) is 0 Å². The normalized spacial score (nSPS) is 15.1. The number of nitrogens with one attached hydrogen (secondary N) is 1. The van der Waals surface area contributed by atoms with E-state index in [1.807, 2.05) is 0 Å². The zero-order valence-electron chi connectivity index (χ0n) is 16.6. The molecule has 1 aliphatic rings. The first kappa shape index (κ1) is 20.8. The molecule has 8 heteroatoms. The zero-order valence-corrected chi connectivity index (χ0v) is 16.6. The van der Waals surface area contributed by atoms with Crippen LogP contribution in [0.15, 0.2) is 78.4 Å². The van der Waals surface area contributed by atoms with Crippen LogP contribution < -0.4 is 15.0 Å². The highest BCUT2D eigenvalue weighted by Crippen LogP contribution is 2.24. The summed E-state index contributed by atoms with van der Waals surface area (Å²) in [4.78, 5) is 38.1. The number of amides is 4. The van der Waals surface area contributed by atoms with Crippen molar-refractivity contribution in [3.8, 4) is 11.5 Å². The SMILES string of the molecule is O=C1NC(=O)N(c2ccc(O)cc2)C(=O)/C1=C/c1ccc(OCc2ccc(F)cc2)cc1. The highest BCUT2D eigenvalue weighted by molar-refractivity contribution is 6.39. The van der Waals surface area contributed by atoms with Crippen molar-refractivity contribution < 1.29 is 28.6 Å². The molecule has 0 saturated carbocycles. The molecule has 0 aromatic heterocycles. The van der Waals surface area contributed by atoms with Gasteiger partial charge in [-0.2, -0.15) is 0 Å². The molecule has 0 bridgehead atoms. The molecule has 4 rings (SSSR count). The smallest absolute Gasteiger partial charge is 0.335 e. The lowest BCUT2D eigenvalue weighted by molar-refractivity contribution is -0.122. The Balaban J connectivity index is 1.50. The van der Waals surface area contributed by atoms with Gasteiger partial charge in [0, 0.05) is 0 Å². The third-order valence-electron chi connectivity index (χ3n) is 4.72. The Labute approximate surface area is 182 Å². The van der Waals surface area contributed by atoms with Crippen molar-refractivity contribution in [2.45, 2.75) is 6.61 Å². The molecule has 32 heavy (non-hydrogen) atoms. The maximum atomic E-state index is 13.0. The predicted octanol–water partition coefficient (Wildman–Crippen LogP) is 3.78. The first-order valence-corrected chi connectivity index (χ1v) is 9.58. The van der Waals surface area contributed by atoms with Crippen molar-refractivity contribution in [2.75, 3.05) is 4.90 Å². The number of phenols is 1. The fraction of sp³-hybridized carbons (Fsp3) is 0.0417. The van der Waals surface area contributed by atoms with Gasteiger partial charge in [-0.05, 0) is 65.7 Å². The minimum absolute atomic E-state index is 0.0211. The van der Waals surface area contributed by atoms with Gasteiger partial charge < -0.3 is 9.84 Å². The molecule has 0 aliphatic carbocycles. The van der Waals surface area contributed by atoms with Crippen LogP contribution in [-0.4, -0.2) is 23.0 Å². The maximum Gasteiger partial charge on any atom is 0.335 e. The van der Waals surface area contributed by atoms with E-state index in [9.17, 15) is 23.9 Å². The van der Waals surface area contributed by atoms with Crippen molar-refractivity contribution in [3.63, 3.8) is 0 Å². The molecular formula is C24H17FN2O5. The van der Waals surface area contributed by atoms with Gasteiger partial charge in [0.25, 0.3) is 11.8 Å². The van der Waals surface area contributed by atoms with Gasteiger partial charge in [-0.3, -0.25) is 14.9 Å². The molecule has 1 aliphatic heterocycles.